The molecular formula is C17H24N6O. The van der Waals surface area contributed by atoms with Crippen molar-refractivity contribution >= 4 is 17.2 Å². The molecule has 1 saturated carbocycles. The van der Waals surface area contributed by atoms with E-state index in [9.17, 15) is 4.79 Å². The quantitative estimate of drug-likeness (QED) is 0.860. The number of rotatable bonds is 3. The van der Waals surface area contributed by atoms with Crippen LogP contribution in [0.15, 0.2) is 12.4 Å². The Balaban J connectivity index is 1.61. The molecule has 24 heavy (non-hydrogen) atoms. The number of fused-ring (bicyclic) bond motifs is 1. The van der Waals surface area contributed by atoms with Crippen LogP contribution in [0.3, 0.4) is 0 Å². The number of aromatic nitrogens is 4. The Labute approximate surface area is 141 Å². The van der Waals surface area contributed by atoms with Gasteiger partial charge in [-0.25, -0.2) is 0 Å². The van der Waals surface area contributed by atoms with Gasteiger partial charge in [0.15, 0.2) is 0 Å². The molecule has 1 amide bonds. The molecule has 4 rings (SSSR count). The van der Waals surface area contributed by atoms with Crippen molar-refractivity contribution in [2.24, 2.45) is 0 Å². The molecule has 128 valence electrons. The first-order valence-electron chi connectivity index (χ1n) is 8.89. The van der Waals surface area contributed by atoms with Crippen molar-refractivity contribution in [2.75, 3.05) is 24.5 Å². The molecule has 1 saturated heterocycles. The third kappa shape index (κ3) is 2.61. The van der Waals surface area contributed by atoms with Gasteiger partial charge in [0.1, 0.15) is 6.33 Å². The van der Waals surface area contributed by atoms with Crippen molar-refractivity contribution in [3.8, 4) is 0 Å². The highest BCUT2D eigenvalue weighted by molar-refractivity contribution is 5.85. The fraction of sp³-hybridized carbons (Fsp3) is 0.647. The summed E-state index contributed by atoms with van der Waals surface area (Å²) in [5.41, 5.74) is 2.68. The number of hydrogen-bond acceptors (Lipinski definition) is 5. The molecule has 2 aromatic heterocycles. The third-order valence-electron chi connectivity index (χ3n) is 5.22. The lowest BCUT2D eigenvalue weighted by molar-refractivity contribution is -0.133. The molecule has 1 aliphatic carbocycles. The van der Waals surface area contributed by atoms with Gasteiger partial charge in [-0.1, -0.05) is 26.7 Å². The van der Waals surface area contributed by atoms with Crippen LogP contribution in [0.25, 0.3) is 5.65 Å². The van der Waals surface area contributed by atoms with Gasteiger partial charge in [0.05, 0.1) is 17.9 Å². The van der Waals surface area contributed by atoms with E-state index >= 15 is 0 Å². The van der Waals surface area contributed by atoms with Gasteiger partial charge in [0.25, 0.3) is 0 Å². The first kappa shape index (κ1) is 15.4. The molecular weight excluding hydrogens is 304 g/mol. The van der Waals surface area contributed by atoms with Gasteiger partial charge < -0.3 is 9.80 Å². The van der Waals surface area contributed by atoms with E-state index in [4.69, 9.17) is 0 Å². The highest BCUT2D eigenvalue weighted by atomic mass is 16.2. The Morgan fingerprint density at radius 1 is 1.21 bits per heavy atom. The largest absolute Gasteiger partial charge is 0.357 e. The van der Waals surface area contributed by atoms with Gasteiger partial charge >= 0.3 is 0 Å². The zero-order valence-electron chi connectivity index (χ0n) is 14.4. The molecule has 0 N–H and O–H groups in total. The Bertz CT molecular complexity index is 749. The first-order chi connectivity index (χ1) is 11.6. The van der Waals surface area contributed by atoms with Crippen molar-refractivity contribution in [3.05, 3.63) is 18.1 Å². The molecule has 0 aromatic carbocycles. The van der Waals surface area contributed by atoms with E-state index in [0.29, 0.717) is 18.5 Å². The number of nitrogens with zero attached hydrogens (tertiary/aromatic N) is 6. The minimum atomic E-state index is 0.230. The van der Waals surface area contributed by atoms with E-state index in [1.165, 1.54) is 12.8 Å². The maximum Gasteiger partial charge on any atom is 0.242 e. The van der Waals surface area contributed by atoms with Crippen LogP contribution in [0.2, 0.25) is 0 Å². The Morgan fingerprint density at radius 3 is 2.71 bits per heavy atom. The van der Waals surface area contributed by atoms with Crippen LogP contribution in [0.4, 0.5) is 5.69 Å². The molecule has 0 unspecified atom stereocenters. The van der Waals surface area contributed by atoms with Crippen molar-refractivity contribution in [1.82, 2.24) is 24.7 Å². The highest BCUT2D eigenvalue weighted by Crippen LogP contribution is 2.28. The fourth-order valence-corrected chi connectivity index (χ4v) is 3.84. The van der Waals surface area contributed by atoms with Crippen molar-refractivity contribution in [2.45, 2.75) is 51.5 Å². The van der Waals surface area contributed by atoms with E-state index < -0.39 is 0 Å². The lowest BCUT2D eigenvalue weighted by Crippen LogP contribution is -2.53. The molecule has 7 nitrogen and oxygen atoms in total. The minimum Gasteiger partial charge on any atom is -0.357 e. The summed E-state index contributed by atoms with van der Waals surface area (Å²) in [6.07, 6.45) is 6.45. The summed E-state index contributed by atoms with van der Waals surface area (Å²) in [6.45, 7) is 6.28. The average Bonchev–Trinajstić information content (AvgIpc) is 3.25. The van der Waals surface area contributed by atoms with Gasteiger partial charge in [-0.2, -0.15) is 9.61 Å². The molecule has 3 heterocycles. The van der Waals surface area contributed by atoms with Crippen molar-refractivity contribution < 1.29 is 4.79 Å². The van der Waals surface area contributed by atoms with Crippen LogP contribution >= 0.6 is 0 Å². The van der Waals surface area contributed by atoms with E-state index in [1.54, 1.807) is 10.8 Å². The van der Waals surface area contributed by atoms with Crippen LogP contribution in [-0.2, 0) is 4.79 Å². The van der Waals surface area contributed by atoms with Gasteiger partial charge in [-0.05, 0) is 24.8 Å². The molecule has 0 spiro atoms. The number of piperazine rings is 1. The second-order valence-electron chi connectivity index (χ2n) is 7.16. The highest BCUT2D eigenvalue weighted by Gasteiger charge is 2.32. The topological polar surface area (TPSA) is 66.6 Å². The molecule has 2 aliphatic rings. The second-order valence-corrected chi connectivity index (χ2v) is 7.16. The molecule has 0 radical (unpaired) electrons. The maximum atomic E-state index is 12.7. The van der Waals surface area contributed by atoms with Gasteiger partial charge in [-0.3, -0.25) is 4.79 Å². The van der Waals surface area contributed by atoms with Gasteiger partial charge in [0.2, 0.25) is 11.6 Å². The smallest absolute Gasteiger partial charge is 0.242 e. The standard InChI is InChI=1S/C17H24N6O/c1-12(2)14-9-15(17-19-18-11-23(17)20-14)21-7-8-22(16(24)10-21)13-5-3-4-6-13/h9,11-13H,3-8,10H2,1-2H3. The summed E-state index contributed by atoms with van der Waals surface area (Å²) in [6, 6.07) is 2.52. The van der Waals surface area contributed by atoms with Crippen LogP contribution in [0.1, 0.15) is 51.1 Å². The summed E-state index contributed by atoms with van der Waals surface area (Å²) >= 11 is 0. The van der Waals surface area contributed by atoms with Crippen molar-refractivity contribution in [1.29, 1.82) is 0 Å². The average molecular weight is 328 g/mol. The summed E-state index contributed by atoms with van der Waals surface area (Å²) < 4.78 is 1.72. The molecule has 2 fully saturated rings. The van der Waals surface area contributed by atoms with Crippen molar-refractivity contribution in [3.63, 3.8) is 0 Å². The zero-order valence-corrected chi connectivity index (χ0v) is 14.4. The second kappa shape index (κ2) is 6.03. The molecule has 0 bridgehead atoms. The number of anilines is 1. The lowest BCUT2D eigenvalue weighted by atomic mass is 10.1. The van der Waals surface area contributed by atoms with E-state index in [-0.39, 0.29) is 5.91 Å². The summed E-state index contributed by atoms with van der Waals surface area (Å²) in [5, 5.41) is 12.7. The molecule has 1 aliphatic heterocycles. The summed E-state index contributed by atoms with van der Waals surface area (Å²) in [4.78, 5) is 16.9. The monoisotopic (exact) mass is 328 g/mol. The lowest BCUT2D eigenvalue weighted by Gasteiger charge is -2.38. The Morgan fingerprint density at radius 2 is 2.00 bits per heavy atom. The minimum absolute atomic E-state index is 0.230. The molecule has 7 heteroatoms. The summed E-state index contributed by atoms with van der Waals surface area (Å²) in [7, 11) is 0. The Kier molecular flexibility index (Phi) is 3.86. The molecule has 0 atom stereocenters. The van der Waals surface area contributed by atoms with Gasteiger partial charge in [0, 0.05) is 19.1 Å². The fourth-order valence-electron chi connectivity index (χ4n) is 3.84. The maximum absolute atomic E-state index is 12.7. The van der Waals surface area contributed by atoms with E-state index in [0.717, 1.165) is 43.0 Å². The number of carbonyl (C=O) groups excluding carboxylic acids is 1. The van der Waals surface area contributed by atoms with Crippen LogP contribution < -0.4 is 4.90 Å². The predicted molar refractivity (Wildman–Crippen MR) is 91.1 cm³/mol. The summed E-state index contributed by atoms with van der Waals surface area (Å²) in [5.74, 6) is 0.541. The number of amides is 1. The van der Waals surface area contributed by atoms with Crippen LogP contribution in [0.5, 0.6) is 0 Å². The number of carbonyl (C=O) groups is 1. The normalized spacial score (nSPS) is 19.9. The zero-order chi connectivity index (χ0) is 16.7. The van der Waals surface area contributed by atoms with Crippen LogP contribution in [0, 0.1) is 0 Å². The van der Waals surface area contributed by atoms with Gasteiger partial charge in [-0.15, -0.1) is 10.2 Å². The van der Waals surface area contributed by atoms with Crippen LogP contribution in [-0.4, -0.2) is 56.3 Å². The Hall–Kier alpha value is -2.18. The van der Waals surface area contributed by atoms with E-state index in [2.05, 4.69) is 45.0 Å². The van der Waals surface area contributed by atoms with E-state index in [1.807, 2.05) is 0 Å². The molecule has 2 aromatic rings. The number of hydrogen-bond donors (Lipinski definition) is 0. The predicted octanol–water partition coefficient (Wildman–Crippen LogP) is 1.84. The first-order valence-corrected chi connectivity index (χ1v) is 8.89. The third-order valence-corrected chi connectivity index (χ3v) is 5.22. The SMILES string of the molecule is CC(C)c1cc(N2CCN(C3CCCC3)C(=O)C2)c2nncn2n1.